The second-order valence-corrected chi connectivity index (χ2v) is 6.28. The summed E-state index contributed by atoms with van der Waals surface area (Å²) in [7, 11) is -3.74. The molecule has 0 aliphatic carbocycles. The van der Waals surface area contributed by atoms with E-state index in [9.17, 15) is 13.2 Å². The summed E-state index contributed by atoms with van der Waals surface area (Å²) >= 11 is 0. The van der Waals surface area contributed by atoms with E-state index in [4.69, 9.17) is 4.74 Å². The third-order valence-electron chi connectivity index (χ3n) is 3.12. The second kappa shape index (κ2) is 6.76. The van der Waals surface area contributed by atoms with Crippen molar-refractivity contribution in [1.82, 2.24) is 9.03 Å². The molecule has 1 heterocycles. The van der Waals surface area contributed by atoms with Crippen LogP contribution in [0.3, 0.4) is 0 Å². The lowest BCUT2D eigenvalue weighted by Crippen LogP contribution is -2.45. The van der Waals surface area contributed by atoms with Crippen molar-refractivity contribution in [3.8, 4) is 0 Å². The molecule has 22 heavy (non-hydrogen) atoms. The maximum Gasteiger partial charge on any atom is 0.337 e. The van der Waals surface area contributed by atoms with Gasteiger partial charge in [-0.25, -0.2) is 4.79 Å². The number of nitrogens with zero attached hydrogens (tertiary/aromatic N) is 1. The molecule has 0 saturated carbocycles. The topological polar surface area (TPSA) is 75.7 Å². The smallest absolute Gasteiger partial charge is 0.337 e. The van der Waals surface area contributed by atoms with Gasteiger partial charge in [0.1, 0.15) is 0 Å². The van der Waals surface area contributed by atoms with Crippen molar-refractivity contribution in [3.05, 3.63) is 60.3 Å². The number of nitrogens with one attached hydrogen (secondary N) is 1. The lowest BCUT2D eigenvalue weighted by Gasteiger charge is -2.31. The Morgan fingerprint density at radius 1 is 1.41 bits per heavy atom. The van der Waals surface area contributed by atoms with Crippen molar-refractivity contribution in [3.63, 3.8) is 0 Å². The molecule has 7 heteroatoms. The van der Waals surface area contributed by atoms with Gasteiger partial charge in [0.05, 0.1) is 24.8 Å². The van der Waals surface area contributed by atoms with Crippen LogP contribution in [-0.4, -0.2) is 31.8 Å². The highest BCUT2D eigenvalue weighted by Gasteiger charge is 2.35. The highest BCUT2D eigenvalue weighted by atomic mass is 32.2. The van der Waals surface area contributed by atoms with Crippen LogP contribution in [0.4, 0.5) is 0 Å². The summed E-state index contributed by atoms with van der Waals surface area (Å²) < 4.78 is 33.1. The van der Waals surface area contributed by atoms with Gasteiger partial charge in [-0.15, -0.1) is 6.58 Å². The molecule has 0 aromatic heterocycles. The van der Waals surface area contributed by atoms with E-state index >= 15 is 0 Å². The van der Waals surface area contributed by atoms with Gasteiger partial charge in [0, 0.05) is 6.20 Å². The predicted octanol–water partition coefficient (Wildman–Crippen LogP) is 1.51. The summed E-state index contributed by atoms with van der Waals surface area (Å²) in [5.41, 5.74) is 0.911. The van der Waals surface area contributed by atoms with Crippen LogP contribution in [0.25, 0.3) is 0 Å². The number of ether oxygens (including phenoxy) is 1. The third kappa shape index (κ3) is 3.37. The molecule has 0 fully saturated rings. The second-order valence-electron chi connectivity index (χ2n) is 4.63. The van der Waals surface area contributed by atoms with E-state index in [0.717, 1.165) is 4.31 Å². The molecule has 1 aromatic rings. The van der Waals surface area contributed by atoms with Crippen molar-refractivity contribution >= 4 is 16.2 Å². The highest BCUT2D eigenvalue weighted by Crippen LogP contribution is 2.28. The Labute approximate surface area is 130 Å². The summed E-state index contributed by atoms with van der Waals surface area (Å²) in [6.45, 7) is 5.51. The average molecular weight is 322 g/mol. The van der Waals surface area contributed by atoms with Gasteiger partial charge in [-0.1, -0.05) is 36.4 Å². The molecule has 1 N–H and O–H groups in total. The van der Waals surface area contributed by atoms with Crippen LogP contribution in [0.5, 0.6) is 0 Å². The fourth-order valence-corrected chi connectivity index (χ4v) is 3.39. The van der Waals surface area contributed by atoms with Crippen molar-refractivity contribution < 1.29 is 17.9 Å². The van der Waals surface area contributed by atoms with E-state index in [1.165, 1.54) is 12.3 Å². The first-order valence-corrected chi connectivity index (χ1v) is 8.27. The molecule has 0 bridgehead atoms. The van der Waals surface area contributed by atoms with Crippen molar-refractivity contribution in [2.75, 3.05) is 13.2 Å². The summed E-state index contributed by atoms with van der Waals surface area (Å²) in [5.74, 6) is -0.548. The normalized spacial score (nSPS) is 20.1. The van der Waals surface area contributed by atoms with E-state index in [-0.39, 0.29) is 18.7 Å². The maximum absolute atomic E-state index is 12.3. The standard InChI is InChI=1S/C15H18N2O4S/c1-3-10-17-11-13(15(18)21-4-2)14(16-22(17,19)20)12-8-6-5-7-9-12/h3,5-9,11,14,16H,1,4,10H2,2H3. The Kier molecular flexibility index (Phi) is 4.99. The van der Waals surface area contributed by atoms with E-state index in [1.54, 1.807) is 31.2 Å². The molecule has 1 aliphatic heterocycles. The zero-order valence-electron chi connectivity index (χ0n) is 12.2. The van der Waals surface area contributed by atoms with Crippen molar-refractivity contribution in [2.45, 2.75) is 13.0 Å². The quantitative estimate of drug-likeness (QED) is 0.658. The molecule has 0 amide bonds. The molecular formula is C15H18N2O4S. The van der Waals surface area contributed by atoms with Crippen molar-refractivity contribution in [2.24, 2.45) is 0 Å². The molecule has 1 aromatic carbocycles. The van der Waals surface area contributed by atoms with Gasteiger partial charge >= 0.3 is 16.2 Å². The van der Waals surface area contributed by atoms with Crippen molar-refractivity contribution in [1.29, 1.82) is 0 Å². The van der Waals surface area contributed by atoms with Crippen LogP contribution in [0.15, 0.2) is 54.8 Å². The van der Waals surface area contributed by atoms with Gasteiger partial charge in [-0.05, 0) is 12.5 Å². The summed E-state index contributed by atoms with van der Waals surface area (Å²) in [4.78, 5) is 12.2. The number of carbonyl (C=O) groups is 1. The Hall–Kier alpha value is -2.12. The zero-order valence-corrected chi connectivity index (χ0v) is 13.0. The van der Waals surface area contributed by atoms with Crippen LogP contribution < -0.4 is 4.72 Å². The number of rotatable bonds is 5. The van der Waals surface area contributed by atoms with E-state index < -0.39 is 22.2 Å². The lowest BCUT2D eigenvalue weighted by molar-refractivity contribution is -0.139. The molecule has 1 unspecified atom stereocenters. The number of benzene rings is 1. The highest BCUT2D eigenvalue weighted by molar-refractivity contribution is 7.87. The molecule has 6 nitrogen and oxygen atoms in total. The first-order chi connectivity index (χ1) is 10.5. The largest absolute Gasteiger partial charge is 0.463 e. The molecule has 0 spiro atoms. The van der Waals surface area contributed by atoms with Gasteiger partial charge in [0.15, 0.2) is 0 Å². The number of esters is 1. The van der Waals surface area contributed by atoms with Gasteiger partial charge in [-0.2, -0.15) is 13.1 Å². The maximum atomic E-state index is 12.3. The SMILES string of the molecule is C=CCN1C=C(C(=O)OCC)C(c2ccccc2)NS1(=O)=O. The molecule has 0 saturated heterocycles. The monoisotopic (exact) mass is 322 g/mol. The minimum absolute atomic E-state index is 0.0692. The fraction of sp³-hybridized carbons (Fsp3) is 0.267. The summed E-state index contributed by atoms with van der Waals surface area (Å²) in [6.07, 6.45) is 2.75. The summed E-state index contributed by atoms with van der Waals surface area (Å²) in [6, 6.07) is 8.11. The van der Waals surface area contributed by atoms with Crippen LogP contribution >= 0.6 is 0 Å². The van der Waals surface area contributed by atoms with Crippen LogP contribution in [0.1, 0.15) is 18.5 Å². The first kappa shape index (κ1) is 16.3. The number of hydrogen-bond donors (Lipinski definition) is 1. The lowest BCUT2D eigenvalue weighted by atomic mass is 10.0. The van der Waals surface area contributed by atoms with Gasteiger partial charge < -0.3 is 4.74 Å². The number of carbonyl (C=O) groups excluding carboxylic acids is 1. The van der Waals surface area contributed by atoms with Crippen LogP contribution in [0, 0.1) is 0 Å². The van der Waals surface area contributed by atoms with Crippen LogP contribution in [-0.2, 0) is 19.7 Å². The third-order valence-corrected chi connectivity index (χ3v) is 4.53. The molecular weight excluding hydrogens is 304 g/mol. The Morgan fingerprint density at radius 2 is 2.09 bits per heavy atom. The van der Waals surface area contributed by atoms with E-state index in [0.29, 0.717) is 5.56 Å². The molecule has 2 rings (SSSR count). The Bertz CT molecular complexity index is 683. The number of hydrogen-bond acceptors (Lipinski definition) is 4. The van der Waals surface area contributed by atoms with Gasteiger partial charge in [0.2, 0.25) is 0 Å². The minimum Gasteiger partial charge on any atom is -0.463 e. The average Bonchev–Trinajstić information content (AvgIpc) is 2.50. The minimum atomic E-state index is -3.74. The predicted molar refractivity (Wildman–Crippen MR) is 82.9 cm³/mol. The Morgan fingerprint density at radius 3 is 2.68 bits per heavy atom. The summed E-state index contributed by atoms with van der Waals surface area (Å²) in [5, 5.41) is 0. The van der Waals surface area contributed by atoms with E-state index in [2.05, 4.69) is 11.3 Å². The zero-order chi connectivity index (χ0) is 16.2. The molecule has 118 valence electrons. The van der Waals surface area contributed by atoms with Gasteiger partial charge in [0.25, 0.3) is 0 Å². The van der Waals surface area contributed by atoms with Crippen LogP contribution in [0.2, 0.25) is 0 Å². The Balaban J connectivity index is 2.48. The molecule has 1 aliphatic rings. The fourth-order valence-electron chi connectivity index (χ4n) is 2.14. The molecule has 0 radical (unpaired) electrons. The van der Waals surface area contributed by atoms with E-state index in [1.807, 2.05) is 6.07 Å². The van der Waals surface area contributed by atoms with Gasteiger partial charge in [-0.3, -0.25) is 4.31 Å². The first-order valence-electron chi connectivity index (χ1n) is 6.83. The molecule has 1 atom stereocenters.